The van der Waals surface area contributed by atoms with Crippen LogP contribution in [-0.2, 0) is 18.3 Å². The number of halogens is 1. The lowest BCUT2D eigenvalue weighted by Crippen LogP contribution is -2.45. The van der Waals surface area contributed by atoms with Crippen LogP contribution in [0.4, 0.5) is 4.39 Å². The summed E-state index contributed by atoms with van der Waals surface area (Å²) in [7, 11) is 1.91. The minimum Gasteiger partial charge on any atom is -0.355 e. The first-order valence-corrected chi connectivity index (χ1v) is 8.68. The van der Waals surface area contributed by atoms with Crippen molar-refractivity contribution in [1.82, 2.24) is 14.9 Å². The van der Waals surface area contributed by atoms with Crippen molar-refractivity contribution < 1.29 is 9.18 Å². The number of hydrogen-bond donors (Lipinski definition) is 2. The molecule has 4 atom stereocenters. The van der Waals surface area contributed by atoms with Gasteiger partial charge in [0.05, 0.1) is 17.0 Å². The smallest absolute Gasteiger partial charge is 0.224 e. The van der Waals surface area contributed by atoms with E-state index in [0.29, 0.717) is 30.3 Å². The summed E-state index contributed by atoms with van der Waals surface area (Å²) in [6.45, 7) is 0.527. The van der Waals surface area contributed by atoms with Gasteiger partial charge < -0.3 is 15.6 Å². The predicted molar refractivity (Wildman–Crippen MR) is 89.7 cm³/mol. The van der Waals surface area contributed by atoms with E-state index in [1.807, 2.05) is 11.6 Å². The maximum atomic E-state index is 13.3. The predicted octanol–water partition coefficient (Wildman–Crippen LogP) is 1.74. The molecular weight excluding hydrogens is 307 g/mol. The van der Waals surface area contributed by atoms with Crippen LogP contribution in [-0.4, -0.2) is 28.0 Å². The highest BCUT2D eigenvalue weighted by Crippen LogP contribution is 2.47. The number of amides is 1. The Balaban J connectivity index is 1.39. The minimum atomic E-state index is -0.286. The van der Waals surface area contributed by atoms with E-state index in [2.05, 4.69) is 10.3 Å². The third kappa shape index (κ3) is 2.49. The van der Waals surface area contributed by atoms with Crippen molar-refractivity contribution in [3.8, 4) is 0 Å². The van der Waals surface area contributed by atoms with Gasteiger partial charge in [-0.15, -0.1) is 0 Å². The normalized spacial score (nSPS) is 28.6. The number of benzene rings is 1. The van der Waals surface area contributed by atoms with Gasteiger partial charge in [-0.2, -0.15) is 0 Å². The second-order valence-corrected chi connectivity index (χ2v) is 7.20. The molecule has 2 bridgehead atoms. The molecule has 3 N–H and O–H groups in total. The fourth-order valence-electron chi connectivity index (χ4n) is 4.59. The second-order valence-electron chi connectivity index (χ2n) is 7.20. The zero-order valence-electron chi connectivity index (χ0n) is 13.8. The molecule has 2 fully saturated rings. The number of rotatable bonds is 4. The molecule has 4 unspecified atom stereocenters. The highest BCUT2D eigenvalue weighted by atomic mass is 19.1. The molecule has 128 valence electrons. The van der Waals surface area contributed by atoms with E-state index < -0.39 is 0 Å². The molecule has 2 aromatic rings. The number of hydrogen-bond acceptors (Lipinski definition) is 3. The van der Waals surface area contributed by atoms with Gasteiger partial charge in [-0.1, -0.05) is 0 Å². The number of carbonyl (C=O) groups is 1. The quantitative estimate of drug-likeness (QED) is 0.897. The summed E-state index contributed by atoms with van der Waals surface area (Å²) in [5.74, 6) is 1.60. The van der Waals surface area contributed by atoms with Crippen molar-refractivity contribution in [3.05, 3.63) is 29.8 Å². The third-order valence-corrected chi connectivity index (χ3v) is 5.87. The number of nitrogens with one attached hydrogen (secondary N) is 1. The van der Waals surface area contributed by atoms with Crippen molar-refractivity contribution in [2.75, 3.05) is 6.54 Å². The molecule has 1 heterocycles. The maximum Gasteiger partial charge on any atom is 0.224 e. The largest absolute Gasteiger partial charge is 0.355 e. The van der Waals surface area contributed by atoms with Crippen molar-refractivity contribution in [2.45, 2.75) is 31.7 Å². The molecule has 6 heteroatoms. The molecule has 0 aliphatic heterocycles. The molecule has 1 amide bonds. The Bertz CT molecular complexity index is 785. The standard InChI is InChI=1S/C18H23FN4O/c1-23-14-5-4-12(19)9-13(14)22-15(23)6-7-21-18(24)16-10-2-3-11(8-10)17(16)20/h4-5,9-11,16-17H,2-3,6-8,20H2,1H3,(H,21,24). The van der Waals surface area contributed by atoms with E-state index in [0.717, 1.165) is 24.2 Å². The van der Waals surface area contributed by atoms with Crippen molar-refractivity contribution in [1.29, 1.82) is 0 Å². The third-order valence-electron chi connectivity index (χ3n) is 5.87. The van der Waals surface area contributed by atoms with E-state index in [9.17, 15) is 9.18 Å². The average molecular weight is 330 g/mol. The summed E-state index contributed by atoms with van der Waals surface area (Å²) >= 11 is 0. The molecule has 4 rings (SSSR count). The fraction of sp³-hybridized carbons (Fsp3) is 0.556. The molecule has 2 aliphatic carbocycles. The first kappa shape index (κ1) is 15.6. The molecule has 5 nitrogen and oxygen atoms in total. The van der Waals surface area contributed by atoms with Crippen LogP contribution < -0.4 is 11.1 Å². The van der Waals surface area contributed by atoms with Gasteiger partial charge in [-0.05, 0) is 43.2 Å². The Labute approximate surface area is 140 Å². The fourth-order valence-corrected chi connectivity index (χ4v) is 4.59. The van der Waals surface area contributed by atoms with Crippen LogP contribution >= 0.6 is 0 Å². The summed E-state index contributed by atoms with van der Waals surface area (Å²) in [6, 6.07) is 4.62. The van der Waals surface area contributed by atoms with Crippen molar-refractivity contribution in [3.63, 3.8) is 0 Å². The van der Waals surface area contributed by atoms with Gasteiger partial charge in [0.2, 0.25) is 5.91 Å². The van der Waals surface area contributed by atoms with Gasteiger partial charge >= 0.3 is 0 Å². The highest BCUT2D eigenvalue weighted by Gasteiger charge is 2.48. The van der Waals surface area contributed by atoms with Gasteiger partial charge in [0, 0.05) is 32.1 Å². The molecule has 2 aliphatic rings. The molecule has 1 aromatic heterocycles. The summed E-state index contributed by atoms with van der Waals surface area (Å²) in [4.78, 5) is 16.9. The Morgan fingerprint density at radius 2 is 2.21 bits per heavy atom. The minimum absolute atomic E-state index is 0.0162. The number of carbonyl (C=O) groups excluding carboxylic acids is 1. The van der Waals surface area contributed by atoms with Gasteiger partial charge in [0.15, 0.2) is 0 Å². The summed E-state index contributed by atoms with van der Waals surface area (Å²) < 4.78 is 15.2. The van der Waals surface area contributed by atoms with Gasteiger partial charge in [0.25, 0.3) is 0 Å². The van der Waals surface area contributed by atoms with E-state index in [4.69, 9.17) is 5.73 Å². The van der Waals surface area contributed by atoms with E-state index in [1.54, 1.807) is 6.07 Å². The average Bonchev–Trinajstić information content (AvgIpc) is 3.21. The van der Waals surface area contributed by atoms with E-state index in [-0.39, 0.29) is 23.7 Å². The van der Waals surface area contributed by atoms with Crippen molar-refractivity contribution in [2.24, 2.45) is 30.5 Å². The Morgan fingerprint density at radius 3 is 2.96 bits per heavy atom. The summed E-state index contributed by atoms with van der Waals surface area (Å²) in [5.41, 5.74) is 7.77. The molecule has 1 aromatic carbocycles. The SMILES string of the molecule is Cn1c(CCNC(=O)C2C3CCC(C3)C2N)nc2cc(F)ccc21. The lowest BCUT2D eigenvalue weighted by atomic mass is 9.84. The summed E-state index contributed by atoms with van der Waals surface area (Å²) in [6.07, 6.45) is 4.03. The zero-order valence-corrected chi connectivity index (χ0v) is 13.8. The van der Waals surface area contributed by atoms with Crippen LogP contribution in [0, 0.1) is 23.6 Å². The molecule has 24 heavy (non-hydrogen) atoms. The second kappa shape index (κ2) is 5.84. The Kier molecular flexibility index (Phi) is 3.79. The topological polar surface area (TPSA) is 72.9 Å². The monoisotopic (exact) mass is 330 g/mol. The molecule has 2 saturated carbocycles. The van der Waals surface area contributed by atoms with Crippen LogP contribution in [0.1, 0.15) is 25.1 Å². The van der Waals surface area contributed by atoms with Gasteiger partial charge in [0.1, 0.15) is 11.6 Å². The van der Waals surface area contributed by atoms with E-state index >= 15 is 0 Å². The first-order chi connectivity index (χ1) is 11.5. The van der Waals surface area contributed by atoms with Crippen LogP contribution in [0.2, 0.25) is 0 Å². The maximum absolute atomic E-state index is 13.3. The summed E-state index contributed by atoms with van der Waals surface area (Å²) in [5, 5.41) is 3.02. The number of nitrogens with zero attached hydrogens (tertiary/aromatic N) is 2. The molecule has 0 spiro atoms. The number of aromatic nitrogens is 2. The van der Waals surface area contributed by atoms with Gasteiger partial charge in [-0.3, -0.25) is 4.79 Å². The lowest BCUT2D eigenvalue weighted by Gasteiger charge is -2.26. The molecule has 0 saturated heterocycles. The van der Waals surface area contributed by atoms with E-state index in [1.165, 1.54) is 18.6 Å². The first-order valence-electron chi connectivity index (χ1n) is 8.68. The lowest BCUT2D eigenvalue weighted by molar-refractivity contribution is -0.127. The Morgan fingerprint density at radius 1 is 1.42 bits per heavy atom. The number of nitrogens with two attached hydrogens (primary N) is 1. The van der Waals surface area contributed by atoms with Crippen molar-refractivity contribution >= 4 is 16.9 Å². The van der Waals surface area contributed by atoms with Crippen LogP contribution in [0.5, 0.6) is 0 Å². The van der Waals surface area contributed by atoms with Crippen LogP contribution in [0.25, 0.3) is 11.0 Å². The number of aryl methyl sites for hydroxylation is 1. The number of imidazole rings is 1. The Hall–Kier alpha value is -1.95. The van der Waals surface area contributed by atoms with Crippen LogP contribution in [0.3, 0.4) is 0 Å². The van der Waals surface area contributed by atoms with Crippen LogP contribution in [0.15, 0.2) is 18.2 Å². The number of fused-ring (bicyclic) bond motifs is 3. The zero-order chi connectivity index (χ0) is 16.8. The molecule has 0 radical (unpaired) electrons. The molecular formula is C18H23FN4O. The van der Waals surface area contributed by atoms with Gasteiger partial charge in [-0.25, -0.2) is 9.37 Å². The highest BCUT2D eigenvalue weighted by molar-refractivity contribution is 5.80.